The quantitative estimate of drug-likeness (QED) is 0.508. The number of rotatable bonds is 2. The molecular weight excluding hydrogens is 326 g/mol. The maximum Gasteiger partial charge on any atom is 0.123 e. The van der Waals surface area contributed by atoms with Crippen molar-refractivity contribution in [2.75, 3.05) is 21.1 Å². The predicted octanol–water partition coefficient (Wildman–Crippen LogP) is 2.52. The average Bonchev–Trinajstić information content (AvgIpc) is 2.55. The van der Waals surface area contributed by atoms with Crippen molar-refractivity contribution in [3.63, 3.8) is 0 Å². The van der Waals surface area contributed by atoms with Gasteiger partial charge in [-0.3, -0.25) is 9.97 Å². The van der Waals surface area contributed by atoms with Crippen LogP contribution in [0.15, 0.2) is 49.1 Å². The zero-order valence-corrected chi connectivity index (χ0v) is 14.4. The molecule has 0 atom stereocenters. The van der Waals surface area contributed by atoms with Crippen LogP contribution in [-0.2, 0) is 0 Å². The van der Waals surface area contributed by atoms with Crippen LogP contribution in [0.5, 0.6) is 0 Å². The largest absolute Gasteiger partial charge is 0.368 e. The van der Waals surface area contributed by atoms with Crippen LogP contribution >= 0.6 is 24.4 Å². The molecule has 0 aliphatic rings. The summed E-state index contributed by atoms with van der Waals surface area (Å²) in [4.78, 5) is 11.2. The van der Waals surface area contributed by atoms with Gasteiger partial charge in [-0.2, -0.15) is 0 Å². The number of hydrogen-bond acceptors (Lipinski definition) is 5. The fraction of sp³-hybridized carbons (Fsp3) is 0.250. The molecule has 0 aliphatic carbocycles. The Morgan fingerprint density at radius 3 is 1.96 bits per heavy atom. The van der Waals surface area contributed by atoms with E-state index in [2.05, 4.69) is 9.97 Å². The first-order chi connectivity index (χ1) is 10.4. The molecule has 2 N–H and O–H groups in total. The molecule has 2 rings (SSSR count). The maximum absolute atomic E-state index is 5.44. The first kappa shape index (κ1) is 21.0. The molecule has 0 bridgehead atoms. The first-order valence-corrected chi connectivity index (χ1v) is 7.29. The second-order valence-electron chi connectivity index (χ2n) is 4.59. The molecule has 0 unspecified atom stereocenters. The number of hydrogen-bond donors (Lipinski definition) is 1. The fourth-order valence-corrected chi connectivity index (χ4v) is 1.70. The van der Waals surface area contributed by atoms with E-state index >= 15 is 0 Å². The van der Waals surface area contributed by atoms with E-state index in [0.29, 0.717) is 4.99 Å². The Hall–Kier alpha value is -1.96. The van der Waals surface area contributed by atoms with Gasteiger partial charge in [-0.15, -0.1) is 0 Å². The lowest BCUT2D eigenvalue weighted by molar-refractivity contribution is 0.550. The molecule has 23 heavy (non-hydrogen) atoms. The van der Waals surface area contributed by atoms with Crippen LogP contribution in [0, 0.1) is 0 Å². The minimum absolute atomic E-state index is 0. The molecular formula is C16H23N5S2. The van der Waals surface area contributed by atoms with Gasteiger partial charge in [0.2, 0.25) is 0 Å². The van der Waals surface area contributed by atoms with E-state index in [1.165, 1.54) is 5.01 Å². The summed E-state index contributed by atoms with van der Waals surface area (Å²) in [5, 5.41) is 1.41. The molecule has 7 heteroatoms. The van der Waals surface area contributed by atoms with E-state index in [9.17, 15) is 0 Å². The van der Waals surface area contributed by atoms with Crippen LogP contribution in [0.3, 0.4) is 0 Å². The maximum atomic E-state index is 5.44. The van der Waals surface area contributed by atoms with Crippen LogP contribution in [0.1, 0.15) is 18.6 Å². The lowest BCUT2D eigenvalue weighted by Crippen LogP contribution is -2.32. The van der Waals surface area contributed by atoms with Crippen molar-refractivity contribution in [1.82, 2.24) is 19.9 Å². The number of thiocarbonyl (C=S) groups is 2. The van der Waals surface area contributed by atoms with E-state index < -0.39 is 0 Å². The molecule has 0 aliphatic heterocycles. The molecule has 2 aromatic rings. The molecule has 0 fully saturated rings. The Morgan fingerprint density at radius 1 is 0.913 bits per heavy atom. The molecule has 0 radical (unpaired) electrons. The van der Waals surface area contributed by atoms with Crippen LogP contribution in [0.2, 0.25) is 0 Å². The number of nitrogens with zero attached hydrogens (tertiary/aromatic N) is 4. The van der Waals surface area contributed by atoms with Gasteiger partial charge in [0.25, 0.3) is 0 Å². The molecule has 0 aromatic carbocycles. The average molecular weight is 350 g/mol. The van der Waals surface area contributed by atoms with E-state index in [-0.39, 0.29) is 7.43 Å². The third-order valence-electron chi connectivity index (χ3n) is 2.56. The Labute approximate surface area is 149 Å². The summed E-state index contributed by atoms with van der Waals surface area (Å²) in [6.07, 6.45) is 6.88. The number of nitrogens with two attached hydrogens (primary N) is 1. The number of hydrazine groups is 1. The SMILES string of the molecule is C.CN(C)C(=S)c1cccnc1.CN(N)C(=S)c1ccncc1. The Bertz CT molecular complexity index is 545. The van der Waals surface area contributed by atoms with Crippen molar-refractivity contribution >= 4 is 34.4 Å². The highest BCUT2D eigenvalue weighted by atomic mass is 32.1. The Balaban J connectivity index is 0.000000403. The van der Waals surface area contributed by atoms with E-state index in [4.69, 9.17) is 30.3 Å². The zero-order valence-electron chi connectivity index (χ0n) is 12.8. The molecule has 2 heterocycles. The van der Waals surface area contributed by atoms with Gasteiger partial charge in [0.05, 0.1) is 0 Å². The Kier molecular flexibility index (Phi) is 9.80. The molecule has 0 amide bonds. The normalized spacial score (nSPS) is 8.87. The highest BCUT2D eigenvalue weighted by Crippen LogP contribution is 2.00. The van der Waals surface area contributed by atoms with Crippen molar-refractivity contribution in [3.8, 4) is 0 Å². The molecule has 5 nitrogen and oxygen atoms in total. The molecule has 0 spiro atoms. The topological polar surface area (TPSA) is 58.3 Å². The summed E-state index contributed by atoms with van der Waals surface area (Å²) < 4.78 is 0. The van der Waals surface area contributed by atoms with Crippen molar-refractivity contribution in [2.45, 2.75) is 7.43 Å². The highest BCUT2D eigenvalue weighted by Gasteiger charge is 2.01. The molecule has 124 valence electrons. The second-order valence-corrected chi connectivity index (χ2v) is 5.37. The first-order valence-electron chi connectivity index (χ1n) is 6.48. The van der Waals surface area contributed by atoms with E-state index in [1.807, 2.05) is 43.3 Å². The minimum Gasteiger partial charge on any atom is -0.368 e. The summed E-state index contributed by atoms with van der Waals surface area (Å²) >= 11 is 10.1. The monoisotopic (exact) mass is 349 g/mol. The number of aromatic nitrogens is 2. The lowest BCUT2D eigenvalue weighted by atomic mass is 10.3. The van der Waals surface area contributed by atoms with Gasteiger partial charge < -0.3 is 9.91 Å². The smallest absolute Gasteiger partial charge is 0.123 e. The van der Waals surface area contributed by atoms with Crippen molar-refractivity contribution in [2.24, 2.45) is 5.84 Å². The standard InChI is InChI=1S/C8H10N2S.C7H9N3S.CH4/c1-10(2)8(11)7-4-3-5-9-6-7;1-10(8)7(11)6-2-4-9-5-3-6;/h3-6H,1-2H3;2-5H,8H2,1H3;1H4. The molecule has 0 saturated heterocycles. The van der Waals surface area contributed by atoms with E-state index in [0.717, 1.165) is 16.1 Å². The van der Waals surface area contributed by atoms with Crippen molar-refractivity contribution in [1.29, 1.82) is 0 Å². The highest BCUT2D eigenvalue weighted by molar-refractivity contribution is 7.80. The summed E-state index contributed by atoms with van der Waals surface area (Å²) in [5.41, 5.74) is 1.91. The van der Waals surface area contributed by atoms with Crippen LogP contribution in [0.25, 0.3) is 0 Å². The van der Waals surface area contributed by atoms with Crippen molar-refractivity contribution < 1.29 is 0 Å². The van der Waals surface area contributed by atoms with Gasteiger partial charge in [0, 0.05) is 57.1 Å². The van der Waals surface area contributed by atoms with Crippen molar-refractivity contribution in [3.05, 3.63) is 60.2 Å². The van der Waals surface area contributed by atoms with Crippen LogP contribution in [-0.4, -0.2) is 51.0 Å². The van der Waals surface area contributed by atoms with Crippen LogP contribution in [0.4, 0.5) is 0 Å². The minimum atomic E-state index is 0. The predicted molar refractivity (Wildman–Crippen MR) is 104 cm³/mol. The summed E-state index contributed by atoms with van der Waals surface area (Å²) in [6, 6.07) is 7.48. The summed E-state index contributed by atoms with van der Waals surface area (Å²) in [5.74, 6) is 5.44. The van der Waals surface area contributed by atoms with Gasteiger partial charge in [0.15, 0.2) is 0 Å². The van der Waals surface area contributed by atoms with Gasteiger partial charge in [0.1, 0.15) is 9.98 Å². The van der Waals surface area contributed by atoms with Crippen LogP contribution < -0.4 is 5.84 Å². The third-order valence-corrected chi connectivity index (χ3v) is 3.69. The van der Waals surface area contributed by atoms with Gasteiger partial charge >= 0.3 is 0 Å². The fourth-order valence-electron chi connectivity index (χ4n) is 1.45. The zero-order chi connectivity index (χ0) is 16.5. The van der Waals surface area contributed by atoms with E-state index in [1.54, 1.807) is 31.8 Å². The second kappa shape index (κ2) is 10.7. The third kappa shape index (κ3) is 7.23. The Morgan fingerprint density at radius 2 is 1.52 bits per heavy atom. The number of pyridine rings is 2. The van der Waals surface area contributed by atoms with Gasteiger partial charge in [-0.1, -0.05) is 31.9 Å². The van der Waals surface area contributed by atoms with Gasteiger partial charge in [-0.25, -0.2) is 5.84 Å². The summed E-state index contributed by atoms with van der Waals surface area (Å²) in [6.45, 7) is 0. The molecule has 0 saturated carbocycles. The molecule has 2 aromatic heterocycles. The van der Waals surface area contributed by atoms with Gasteiger partial charge in [-0.05, 0) is 24.3 Å². The summed E-state index contributed by atoms with van der Waals surface area (Å²) in [7, 11) is 5.56. The lowest BCUT2D eigenvalue weighted by Gasteiger charge is -2.12.